The van der Waals surface area contributed by atoms with Gasteiger partial charge in [0.1, 0.15) is 40.1 Å². The number of nitrogens with two attached hydrogens (primary N) is 2. The van der Waals surface area contributed by atoms with Crippen molar-refractivity contribution in [3.63, 3.8) is 0 Å². The topological polar surface area (TPSA) is 295 Å². The number of ether oxygens (including phenoxy) is 3. The van der Waals surface area contributed by atoms with Gasteiger partial charge in [0.15, 0.2) is 24.7 Å². The summed E-state index contributed by atoms with van der Waals surface area (Å²) in [6.45, 7) is 20.3. The molecule has 0 aliphatic carbocycles. The van der Waals surface area contributed by atoms with Gasteiger partial charge in [-0.2, -0.15) is 0 Å². The lowest BCUT2D eigenvalue weighted by atomic mass is 9.98. The third kappa shape index (κ3) is 20.4. The molecule has 2 aromatic carbocycles. The summed E-state index contributed by atoms with van der Waals surface area (Å²) < 4.78 is 24.4. The van der Waals surface area contributed by atoms with Crippen LogP contribution in [0.2, 0.25) is 0 Å². The van der Waals surface area contributed by atoms with Crippen LogP contribution in [-0.2, 0) is 32.0 Å². The minimum atomic E-state index is -0.871. The van der Waals surface area contributed by atoms with Gasteiger partial charge in [0.2, 0.25) is 17.2 Å². The van der Waals surface area contributed by atoms with Crippen molar-refractivity contribution in [2.24, 2.45) is 11.5 Å². The number of nitrogens with one attached hydrogen (secondary N) is 8. The zero-order valence-electron chi connectivity index (χ0n) is 44.1. The lowest BCUT2D eigenvalue weighted by molar-refractivity contribution is -0.130. The summed E-state index contributed by atoms with van der Waals surface area (Å²) in [6, 6.07) is 1.89. The number of phenols is 1. The van der Waals surface area contributed by atoms with Crippen LogP contribution in [0.15, 0.2) is 44.6 Å². The predicted molar refractivity (Wildman–Crippen MR) is 284 cm³/mol. The largest absolute Gasteiger partial charge is 0.507 e. The van der Waals surface area contributed by atoms with Crippen LogP contribution in [-0.4, -0.2) is 139 Å². The Labute approximate surface area is 424 Å². The highest BCUT2D eigenvalue weighted by Crippen LogP contribution is 2.41. The Morgan fingerprint density at radius 1 is 0.653 bits per heavy atom. The second-order valence-electron chi connectivity index (χ2n) is 18.7. The van der Waals surface area contributed by atoms with Crippen molar-refractivity contribution >= 4 is 45.6 Å². The Morgan fingerprint density at radius 3 is 1.56 bits per heavy atom. The second kappa shape index (κ2) is 32.3. The molecule has 4 amide bonds. The molecule has 20 nitrogen and oxygen atoms in total. The minimum absolute atomic E-state index is 0.0478. The van der Waals surface area contributed by atoms with Crippen LogP contribution in [0.1, 0.15) is 92.2 Å². The number of carbonyl (C=O) groups is 4. The van der Waals surface area contributed by atoms with Gasteiger partial charge >= 0.3 is 0 Å². The smallest absolute Gasteiger partial charge is 0.258 e. The molecule has 0 bridgehead atoms. The highest BCUT2D eigenvalue weighted by atomic mass is 16.5. The van der Waals surface area contributed by atoms with Crippen molar-refractivity contribution in [2.75, 3.05) is 85.8 Å². The third-order valence-electron chi connectivity index (χ3n) is 11.3. The number of carbonyl (C=O) groups excluding carboxylic acids is 4. The van der Waals surface area contributed by atoms with Crippen LogP contribution in [0.3, 0.4) is 0 Å². The molecule has 402 valence electrons. The molecule has 0 saturated heterocycles. The molecule has 20 heteroatoms. The molecular formula is C52H84N10O10. The summed E-state index contributed by atoms with van der Waals surface area (Å²) in [6.07, 6.45) is 5.69. The SMILES string of the molecule is COc1c(OCC(=O)NC(CCCN)C(=O)NCCNCCNC(C)C)cc2oc3cc(OCC(=O)NC(CCCN)C(=O)NCCNCCNC(C)C)c(CC=C(C)C)c(O)c3c(=O)c2c1CC=C(C)C. The fourth-order valence-electron chi connectivity index (χ4n) is 7.55. The van der Waals surface area contributed by atoms with Gasteiger partial charge in [-0.15, -0.1) is 0 Å². The number of aromatic hydroxyl groups is 1. The molecule has 0 fully saturated rings. The Hall–Kier alpha value is -5.77. The molecule has 3 aromatic rings. The molecule has 0 saturated carbocycles. The first-order chi connectivity index (χ1) is 34.4. The summed E-state index contributed by atoms with van der Waals surface area (Å²) in [5.41, 5.74) is 13.5. The van der Waals surface area contributed by atoms with E-state index in [2.05, 4.69) is 70.2 Å². The first kappa shape index (κ1) is 60.5. The van der Waals surface area contributed by atoms with E-state index in [1.165, 1.54) is 19.2 Å². The Morgan fingerprint density at radius 2 is 1.10 bits per heavy atom. The summed E-state index contributed by atoms with van der Waals surface area (Å²) in [5.74, 6) is -1.94. The number of rotatable bonds is 35. The average Bonchev–Trinajstić information content (AvgIpc) is 3.32. The van der Waals surface area contributed by atoms with Crippen molar-refractivity contribution in [3.05, 3.63) is 56.8 Å². The molecule has 13 N–H and O–H groups in total. The van der Waals surface area contributed by atoms with Gasteiger partial charge < -0.3 is 77.7 Å². The Balaban J connectivity index is 1.96. The molecule has 0 aliphatic heterocycles. The predicted octanol–water partition coefficient (Wildman–Crippen LogP) is 2.29. The lowest BCUT2D eigenvalue weighted by Gasteiger charge is -2.20. The first-order valence-electron chi connectivity index (χ1n) is 25.2. The molecule has 72 heavy (non-hydrogen) atoms. The van der Waals surface area contributed by atoms with Gasteiger partial charge in [-0.1, -0.05) is 51.0 Å². The summed E-state index contributed by atoms with van der Waals surface area (Å²) in [4.78, 5) is 68.0. The number of hydrogen-bond donors (Lipinski definition) is 11. The fraction of sp³-hybridized carbons (Fsp3) is 0.596. The lowest BCUT2D eigenvalue weighted by Crippen LogP contribution is -2.49. The highest BCUT2D eigenvalue weighted by molar-refractivity contribution is 5.98. The molecule has 2 atom stereocenters. The van der Waals surface area contributed by atoms with Gasteiger partial charge in [0.25, 0.3) is 11.8 Å². The Bertz CT molecular complexity index is 2340. The fourth-order valence-corrected chi connectivity index (χ4v) is 7.55. The third-order valence-corrected chi connectivity index (χ3v) is 11.3. The highest BCUT2D eigenvalue weighted by Gasteiger charge is 2.27. The van der Waals surface area contributed by atoms with Crippen LogP contribution in [0, 0.1) is 0 Å². The monoisotopic (exact) mass is 1010 g/mol. The van der Waals surface area contributed by atoms with Crippen molar-refractivity contribution in [1.29, 1.82) is 0 Å². The average molecular weight is 1010 g/mol. The molecule has 0 aliphatic rings. The number of phenolic OH excluding ortho intramolecular Hbond substituents is 1. The van der Waals surface area contributed by atoms with E-state index >= 15 is 0 Å². The maximum Gasteiger partial charge on any atom is 0.258 e. The minimum Gasteiger partial charge on any atom is -0.507 e. The Kier molecular flexibility index (Phi) is 27.2. The van der Waals surface area contributed by atoms with Crippen LogP contribution in [0.4, 0.5) is 0 Å². The van der Waals surface area contributed by atoms with Crippen molar-refractivity contribution in [3.8, 4) is 23.0 Å². The molecule has 0 radical (unpaired) electrons. The molecule has 1 aromatic heterocycles. The molecule has 3 rings (SSSR count). The van der Waals surface area contributed by atoms with E-state index in [4.69, 9.17) is 30.1 Å². The molecule has 1 heterocycles. The van der Waals surface area contributed by atoms with Gasteiger partial charge in [0.05, 0.1) is 12.5 Å². The van der Waals surface area contributed by atoms with Crippen LogP contribution >= 0.6 is 0 Å². The van der Waals surface area contributed by atoms with E-state index in [1.807, 2.05) is 39.8 Å². The second-order valence-corrected chi connectivity index (χ2v) is 18.7. The van der Waals surface area contributed by atoms with E-state index in [9.17, 15) is 29.1 Å². The zero-order chi connectivity index (χ0) is 53.2. The van der Waals surface area contributed by atoms with E-state index in [0.29, 0.717) is 82.6 Å². The molecule has 2 unspecified atom stereocenters. The maximum atomic E-state index is 14.7. The van der Waals surface area contributed by atoms with E-state index in [1.54, 1.807) is 0 Å². The van der Waals surface area contributed by atoms with Crippen LogP contribution in [0.5, 0.6) is 23.0 Å². The summed E-state index contributed by atoms with van der Waals surface area (Å²) in [7, 11) is 1.42. The van der Waals surface area contributed by atoms with Gasteiger partial charge in [-0.05, 0) is 79.3 Å². The van der Waals surface area contributed by atoms with Gasteiger partial charge in [-0.3, -0.25) is 24.0 Å². The van der Waals surface area contributed by atoms with Gasteiger partial charge in [-0.25, -0.2) is 0 Å². The number of methoxy groups -OCH3 is 1. The number of hydrogen-bond acceptors (Lipinski definition) is 16. The van der Waals surface area contributed by atoms with E-state index in [0.717, 1.165) is 37.3 Å². The number of fused-ring (bicyclic) bond motifs is 2. The number of benzene rings is 2. The van der Waals surface area contributed by atoms with Crippen molar-refractivity contribution in [2.45, 2.75) is 118 Å². The quantitative estimate of drug-likeness (QED) is 0.0229. The van der Waals surface area contributed by atoms with Crippen molar-refractivity contribution < 1.29 is 42.9 Å². The van der Waals surface area contributed by atoms with E-state index < -0.39 is 48.3 Å². The first-order valence-corrected chi connectivity index (χ1v) is 25.2. The molecular weight excluding hydrogens is 925 g/mol. The standard InChI is InChI=1S/C52H84N10O10/c1-32(2)14-16-36-40(70-30-44(63)61-38(12-10-18-53)51(67)59-26-22-55-20-24-57-34(5)6)28-42-47(48(36)65)49(66)46-37(17-15-33(3)4)50(69-9)43(29-41(46)72-42)71-31-45(64)62-39(13-11-19-54)52(68)60-27-23-56-21-25-58-35(7)8/h14-15,28-29,34-35,38-39,55-58,65H,10-13,16-27,30-31,53-54H2,1-9H3,(H,59,67)(H,60,68)(H,61,63)(H,62,64). The van der Waals surface area contributed by atoms with E-state index in [-0.39, 0.29) is 69.4 Å². The summed E-state index contributed by atoms with van der Waals surface area (Å²) in [5, 5.41) is 36.4. The maximum absolute atomic E-state index is 14.7. The van der Waals surface area contributed by atoms with Crippen molar-refractivity contribution in [1.82, 2.24) is 42.5 Å². The number of amides is 4. The molecule has 0 spiro atoms. The summed E-state index contributed by atoms with van der Waals surface area (Å²) >= 11 is 0. The normalized spacial score (nSPS) is 12.1. The van der Waals surface area contributed by atoms with Gasteiger partial charge in [0, 0.05) is 87.7 Å². The van der Waals surface area contributed by atoms with Crippen LogP contribution < -0.4 is 73.6 Å². The zero-order valence-corrected chi connectivity index (χ0v) is 44.1. The van der Waals surface area contributed by atoms with Crippen LogP contribution in [0.25, 0.3) is 21.9 Å². The number of allylic oxidation sites excluding steroid dienone is 4.